The first-order valence-corrected chi connectivity index (χ1v) is 8.06. The number of hydrogen-bond acceptors (Lipinski definition) is 3. The van der Waals surface area contributed by atoms with Crippen LogP contribution in [0.4, 0.5) is 0 Å². The molecule has 0 amide bonds. The first-order valence-electron chi connectivity index (χ1n) is 6.66. The Bertz CT molecular complexity index is 243. The third-order valence-electron chi connectivity index (χ3n) is 3.89. The Morgan fingerprint density at radius 1 is 1.29 bits per heavy atom. The highest BCUT2D eigenvalue weighted by molar-refractivity contribution is 7.98. The Hall–Kier alpha value is -0.180. The van der Waals surface area contributed by atoms with Crippen LogP contribution in [0.15, 0.2) is 0 Å². The van der Waals surface area contributed by atoms with E-state index in [1.54, 1.807) is 11.8 Å². The van der Waals surface area contributed by atoms with Gasteiger partial charge >= 0.3 is 5.97 Å². The molecule has 2 nitrogen and oxygen atoms in total. The van der Waals surface area contributed by atoms with E-state index in [0.29, 0.717) is 12.3 Å². The van der Waals surface area contributed by atoms with Gasteiger partial charge in [-0.05, 0) is 44.8 Å². The van der Waals surface area contributed by atoms with Crippen molar-refractivity contribution in [2.75, 3.05) is 12.0 Å². The van der Waals surface area contributed by atoms with E-state index in [1.165, 1.54) is 25.7 Å². The summed E-state index contributed by atoms with van der Waals surface area (Å²) in [4.78, 5) is 11.7. The fourth-order valence-corrected chi connectivity index (χ4v) is 2.94. The Balaban J connectivity index is 2.41. The number of carbonyl (C=O) groups is 1. The van der Waals surface area contributed by atoms with Crippen LogP contribution in [-0.4, -0.2) is 23.6 Å². The van der Waals surface area contributed by atoms with Gasteiger partial charge < -0.3 is 4.74 Å². The predicted octanol–water partition coefficient (Wildman–Crippen LogP) is 3.89. The minimum absolute atomic E-state index is 0.0389. The molecule has 17 heavy (non-hydrogen) atoms. The summed E-state index contributed by atoms with van der Waals surface area (Å²) in [5, 5.41) is 0. The SMILES string of the molecule is CSCCC(=O)OC(C)(C)C1CCC(C)CC1. The van der Waals surface area contributed by atoms with Crippen molar-refractivity contribution in [1.29, 1.82) is 0 Å². The highest BCUT2D eigenvalue weighted by Crippen LogP contribution is 2.37. The molecule has 100 valence electrons. The summed E-state index contributed by atoms with van der Waals surface area (Å²) in [7, 11) is 0. The second-order valence-corrected chi connectivity index (χ2v) is 6.76. The maximum atomic E-state index is 11.7. The van der Waals surface area contributed by atoms with Crippen LogP contribution in [0.25, 0.3) is 0 Å². The van der Waals surface area contributed by atoms with Crippen LogP contribution in [0, 0.1) is 11.8 Å². The van der Waals surface area contributed by atoms with E-state index >= 15 is 0 Å². The maximum absolute atomic E-state index is 11.7. The summed E-state index contributed by atoms with van der Waals surface area (Å²) in [5.41, 5.74) is -0.282. The lowest BCUT2D eigenvalue weighted by atomic mass is 9.75. The molecule has 1 rings (SSSR count). The van der Waals surface area contributed by atoms with Crippen LogP contribution in [-0.2, 0) is 9.53 Å². The number of rotatable bonds is 5. The molecular formula is C14H26O2S. The normalized spacial score (nSPS) is 25.6. The minimum Gasteiger partial charge on any atom is -0.459 e. The van der Waals surface area contributed by atoms with Crippen molar-refractivity contribution in [3.05, 3.63) is 0 Å². The van der Waals surface area contributed by atoms with Crippen LogP contribution in [0.3, 0.4) is 0 Å². The van der Waals surface area contributed by atoms with Crippen LogP contribution in [0.1, 0.15) is 52.9 Å². The first kappa shape index (κ1) is 14.9. The lowest BCUT2D eigenvalue weighted by Gasteiger charge is -2.38. The summed E-state index contributed by atoms with van der Waals surface area (Å²) >= 11 is 1.69. The highest BCUT2D eigenvalue weighted by atomic mass is 32.2. The molecule has 0 saturated heterocycles. The highest BCUT2D eigenvalue weighted by Gasteiger charge is 2.35. The van der Waals surface area contributed by atoms with Crippen molar-refractivity contribution >= 4 is 17.7 Å². The van der Waals surface area contributed by atoms with Crippen molar-refractivity contribution < 1.29 is 9.53 Å². The first-order chi connectivity index (χ1) is 7.95. The molecule has 0 aromatic carbocycles. The molecule has 1 aliphatic carbocycles. The van der Waals surface area contributed by atoms with Crippen LogP contribution in [0.2, 0.25) is 0 Å². The third kappa shape index (κ3) is 4.90. The quantitative estimate of drug-likeness (QED) is 0.700. The van der Waals surface area contributed by atoms with Gasteiger partial charge in [0.05, 0.1) is 6.42 Å². The Labute approximate surface area is 110 Å². The van der Waals surface area contributed by atoms with Crippen molar-refractivity contribution in [2.45, 2.75) is 58.5 Å². The van der Waals surface area contributed by atoms with Crippen LogP contribution in [0.5, 0.6) is 0 Å². The average Bonchev–Trinajstić information content (AvgIpc) is 2.26. The van der Waals surface area contributed by atoms with Gasteiger partial charge in [0.15, 0.2) is 0 Å². The van der Waals surface area contributed by atoms with Crippen molar-refractivity contribution in [3.8, 4) is 0 Å². The molecule has 0 atom stereocenters. The molecule has 1 aliphatic rings. The summed E-state index contributed by atoms with van der Waals surface area (Å²) < 4.78 is 5.66. The number of carbonyl (C=O) groups excluding carboxylic acids is 1. The van der Waals surface area contributed by atoms with E-state index in [9.17, 15) is 4.79 Å². The zero-order valence-corrected chi connectivity index (χ0v) is 12.4. The topological polar surface area (TPSA) is 26.3 Å². The number of thioether (sulfide) groups is 1. The molecule has 0 N–H and O–H groups in total. The van der Waals surface area contributed by atoms with Crippen molar-refractivity contribution in [1.82, 2.24) is 0 Å². The smallest absolute Gasteiger partial charge is 0.307 e. The molecule has 0 aliphatic heterocycles. The van der Waals surface area contributed by atoms with Crippen LogP contribution >= 0.6 is 11.8 Å². The van der Waals surface area contributed by atoms with E-state index in [1.807, 2.05) is 6.26 Å². The standard InChI is InChI=1S/C14H26O2S/c1-11-5-7-12(8-6-11)14(2,3)16-13(15)9-10-17-4/h11-12H,5-10H2,1-4H3. The fourth-order valence-electron chi connectivity index (χ4n) is 2.57. The number of esters is 1. The van der Waals surface area contributed by atoms with Gasteiger partial charge in [-0.2, -0.15) is 11.8 Å². The van der Waals surface area contributed by atoms with E-state index in [-0.39, 0.29) is 11.6 Å². The van der Waals surface area contributed by atoms with Crippen LogP contribution < -0.4 is 0 Å². The van der Waals surface area contributed by atoms with Gasteiger partial charge in [0.2, 0.25) is 0 Å². The van der Waals surface area contributed by atoms with Gasteiger partial charge in [0.25, 0.3) is 0 Å². The van der Waals surface area contributed by atoms with Gasteiger partial charge in [0, 0.05) is 5.75 Å². The second kappa shape index (κ2) is 6.67. The largest absolute Gasteiger partial charge is 0.459 e. The molecule has 0 radical (unpaired) electrons. The van der Waals surface area contributed by atoms with Gasteiger partial charge in [0.1, 0.15) is 5.60 Å². The Morgan fingerprint density at radius 3 is 2.41 bits per heavy atom. The Morgan fingerprint density at radius 2 is 1.88 bits per heavy atom. The molecule has 1 saturated carbocycles. The van der Waals surface area contributed by atoms with Gasteiger partial charge in [-0.25, -0.2) is 0 Å². The molecule has 1 fully saturated rings. The predicted molar refractivity (Wildman–Crippen MR) is 74.3 cm³/mol. The van der Waals surface area contributed by atoms with Crippen molar-refractivity contribution in [2.24, 2.45) is 11.8 Å². The average molecular weight is 258 g/mol. The fraction of sp³-hybridized carbons (Fsp3) is 0.929. The molecule has 3 heteroatoms. The number of ether oxygens (including phenoxy) is 1. The molecule has 0 heterocycles. The van der Waals surface area contributed by atoms with E-state index in [0.717, 1.165) is 11.7 Å². The zero-order valence-electron chi connectivity index (χ0n) is 11.6. The van der Waals surface area contributed by atoms with Gasteiger partial charge in [-0.1, -0.05) is 19.8 Å². The summed E-state index contributed by atoms with van der Waals surface area (Å²) in [6, 6.07) is 0. The zero-order chi connectivity index (χ0) is 12.9. The summed E-state index contributed by atoms with van der Waals surface area (Å²) in [6.07, 6.45) is 7.50. The summed E-state index contributed by atoms with van der Waals surface area (Å²) in [6.45, 7) is 6.46. The second-order valence-electron chi connectivity index (χ2n) is 5.78. The lowest BCUT2D eigenvalue weighted by molar-refractivity contribution is -0.162. The molecule has 0 bridgehead atoms. The van der Waals surface area contributed by atoms with Gasteiger partial charge in [-0.3, -0.25) is 4.79 Å². The lowest BCUT2D eigenvalue weighted by Crippen LogP contribution is -2.38. The van der Waals surface area contributed by atoms with E-state index < -0.39 is 0 Å². The maximum Gasteiger partial charge on any atom is 0.307 e. The van der Waals surface area contributed by atoms with E-state index in [2.05, 4.69) is 20.8 Å². The Kier molecular flexibility index (Phi) is 5.84. The third-order valence-corrected chi connectivity index (χ3v) is 4.50. The van der Waals surface area contributed by atoms with Crippen molar-refractivity contribution in [3.63, 3.8) is 0 Å². The monoisotopic (exact) mass is 258 g/mol. The number of hydrogen-bond donors (Lipinski definition) is 0. The molecule has 0 spiro atoms. The molecule has 0 aromatic rings. The summed E-state index contributed by atoms with van der Waals surface area (Å²) in [5.74, 6) is 2.20. The molecule has 0 unspecified atom stereocenters. The van der Waals surface area contributed by atoms with E-state index in [4.69, 9.17) is 4.74 Å². The minimum atomic E-state index is -0.282. The molecule has 0 aromatic heterocycles. The molecular weight excluding hydrogens is 232 g/mol. The van der Waals surface area contributed by atoms with Gasteiger partial charge in [-0.15, -0.1) is 0 Å².